The lowest BCUT2D eigenvalue weighted by Crippen LogP contribution is -2.39. The predicted molar refractivity (Wildman–Crippen MR) is 75.4 cm³/mol. The van der Waals surface area contributed by atoms with Crippen LogP contribution in [-0.2, 0) is 14.8 Å². The Bertz CT molecular complexity index is 559. The molecule has 1 unspecified atom stereocenters. The molecular formula is C12H16BrNO4S. The number of nitrogens with zero attached hydrogens (tertiary/aromatic N) is 1. The van der Waals surface area contributed by atoms with Crippen molar-refractivity contribution in [2.24, 2.45) is 0 Å². The number of halogens is 1. The van der Waals surface area contributed by atoms with E-state index in [1.807, 2.05) is 0 Å². The highest BCUT2D eigenvalue weighted by Crippen LogP contribution is 2.26. The summed E-state index contributed by atoms with van der Waals surface area (Å²) in [5.74, 6) is -1.02. The number of rotatable bonds is 6. The molecule has 0 aliphatic heterocycles. The first-order valence-electron chi connectivity index (χ1n) is 5.78. The van der Waals surface area contributed by atoms with E-state index in [9.17, 15) is 13.2 Å². The number of carbonyl (C=O) groups is 1. The van der Waals surface area contributed by atoms with E-state index in [1.165, 1.54) is 10.4 Å². The second-order valence-electron chi connectivity index (χ2n) is 4.09. The first-order chi connectivity index (χ1) is 8.80. The van der Waals surface area contributed by atoms with Crippen molar-refractivity contribution >= 4 is 31.9 Å². The van der Waals surface area contributed by atoms with E-state index in [-0.39, 0.29) is 17.9 Å². The first kappa shape index (κ1) is 16.1. The normalized spacial score (nSPS) is 13.5. The van der Waals surface area contributed by atoms with Crippen LogP contribution in [0.25, 0.3) is 0 Å². The Morgan fingerprint density at radius 3 is 2.47 bits per heavy atom. The molecule has 0 spiro atoms. The molecule has 0 amide bonds. The lowest BCUT2D eigenvalue weighted by molar-refractivity contribution is -0.137. The summed E-state index contributed by atoms with van der Waals surface area (Å²) in [4.78, 5) is 10.9. The van der Waals surface area contributed by atoms with E-state index in [0.29, 0.717) is 4.47 Å². The average molecular weight is 350 g/mol. The largest absolute Gasteiger partial charge is 0.481 e. The van der Waals surface area contributed by atoms with Crippen molar-refractivity contribution in [1.82, 2.24) is 4.31 Å². The number of benzene rings is 1. The molecule has 7 heteroatoms. The summed E-state index contributed by atoms with van der Waals surface area (Å²) in [6, 6.07) is 5.89. The summed E-state index contributed by atoms with van der Waals surface area (Å²) in [5.41, 5.74) is 0. The predicted octanol–water partition coefficient (Wildman–Crippen LogP) is 2.32. The van der Waals surface area contributed by atoms with Crippen molar-refractivity contribution in [3.05, 3.63) is 28.7 Å². The van der Waals surface area contributed by atoms with Gasteiger partial charge in [0.2, 0.25) is 10.0 Å². The van der Waals surface area contributed by atoms with E-state index in [0.717, 1.165) is 0 Å². The summed E-state index contributed by atoms with van der Waals surface area (Å²) >= 11 is 3.21. The third-order valence-electron chi connectivity index (χ3n) is 2.70. The van der Waals surface area contributed by atoms with Crippen LogP contribution in [0.4, 0.5) is 0 Å². The Balaban J connectivity index is 3.16. The van der Waals surface area contributed by atoms with Crippen molar-refractivity contribution in [3.8, 4) is 0 Å². The zero-order chi connectivity index (χ0) is 14.6. The summed E-state index contributed by atoms with van der Waals surface area (Å²) in [6.45, 7) is 3.50. The molecule has 0 fully saturated rings. The van der Waals surface area contributed by atoms with E-state index in [2.05, 4.69) is 15.9 Å². The maximum atomic E-state index is 12.5. The van der Waals surface area contributed by atoms with Crippen LogP contribution in [0.2, 0.25) is 0 Å². The molecule has 0 aliphatic rings. The van der Waals surface area contributed by atoms with Gasteiger partial charge >= 0.3 is 5.97 Å². The molecule has 1 N–H and O–H groups in total. The van der Waals surface area contributed by atoms with Gasteiger partial charge in [0.25, 0.3) is 0 Å². The van der Waals surface area contributed by atoms with Gasteiger partial charge in [0, 0.05) is 17.1 Å². The molecular weight excluding hydrogens is 334 g/mol. The van der Waals surface area contributed by atoms with Gasteiger partial charge in [-0.25, -0.2) is 8.42 Å². The zero-order valence-corrected chi connectivity index (χ0v) is 13.1. The molecule has 19 heavy (non-hydrogen) atoms. The lowest BCUT2D eigenvalue weighted by Gasteiger charge is -2.26. The Morgan fingerprint density at radius 1 is 1.42 bits per heavy atom. The van der Waals surface area contributed by atoms with Crippen LogP contribution in [0.1, 0.15) is 20.3 Å². The van der Waals surface area contributed by atoms with Gasteiger partial charge in [0.05, 0.1) is 11.3 Å². The molecule has 0 heterocycles. The Hall–Kier alpha value is -0.920. The monoisotopic (exact) mass is 349 g/mol. The van der Waals surface area contributed by atoms with Gasteiger partial charge in [-0.2, -0.15) is 4.31 Å². The number of hydrogen-bond donors (Lipinski definition) is 1. The fraction of sp³-hybridized carbons (Fsp3) is 0.417. The SMILES string of the molecule is CCN(C(C)CC(=O)O)S(=O)(=O)c1ccccc1Br. The van der Waals surface area contributed by atoms with Crippen LogP contribution < -0.4 is 0 Å². The van der Waals surface area contributed by atoms with Crippen LogP contribution in [0, 0.1) is 0 Å². The summed E-state index contributed by atoms with van der Waals surface area (Å²) < 4.78 is 26.7. The van der Waals surface area contributed by atoms with E-state index < -0.39 is 22.0 Å². The summed E-state index contributed by atoms with van der Waals surface area (Å²) in [5, 5.41) is 8.79. The minimum absolute atomic E-state index is 0.147. The highest BCUT2D eigenvalue weighted by molar-refractivity contribution is 9.10. The van der Waals surface area contributed by atoms with Crippen LogP contribution in [0.5, 0.6) is 0 Å². The van der Waals surface area contributed by atoms with Gasteiger partial charge in [0.15, 0.2) is 0 Å². The van der Waals surface area contributed by atoms with Crippen LogP contribution in [0.15, 0.2) is 33.6 Å². The van der Waals surface area contributed by atoms with Crippen LogP contribution in [0.3, 0.4) is 0 Å². The van der Waals surface area contributed by atoms with Gasteiger partial charge in [-0.3, -0.25) is 4.79 Å². The topological polar surface area (TPSA) is 74.7 Å². The van der Waals surface area contributed by atoms with E-state index in [1.54, 1.807) is 32.0 Å². The molecule has 0 aliphatic carbocycles. The lowest BCUT2D eigenvalue weighted by atomic mass is 10.2. The minimum atomic E-state index is -3.70. The Kier molecular flexibility index (Phi) is 5.51. The Morgan fingerprint density at radius 2 is 2.00 bits per heavy atom. The summed E-state index contributed by atoms with van der Waals surface area (Å²) in [7, 11) is -3.70. The van der Waals surface area contributed by atoms with Crippen molar-refractivity contribution in [2.45, 2.75) is 31.2 Å². The van der Waals surface area contributed by atoms with E-state index >= 15 is 0 Å². The number of carboxylic acids is 1. The molecule has 106 valence electrons. The number of hydrogen-bond acceptors (Lipinski definition) is 3. The maximum absolute atomic E-state index is 12.5. The quantitative estimate of drug-likeness (QED) is 0.855. The van der Waals surface area contributed by atoms with Gasteiger partial charge in [-0.1, -0.05) is 19.1 Å². The number of sulfonamides is 1. The van der Waals surface area contributed by atoms with Gasteiger partial charge < -0.3 is 5.11 Å². The van der Waals surface area contributed by atoms with Crippen molar-refractivity contribution in [2.75, 3.05) is 6.54 Å². The first-order valence-corrected chi connectivity index (χ1v) is 8.02. The smallest absolute Gasteiger partial charge is 0.304 e. The fourth-order valence-corrected chi connectivity index (χ4v) is 4.46. The minimum Gasteiger partial charge on any atom is -0.481 e. The molecule has 5 nitrogen and oxygen atoms in total. The van der Waals surface area contributed by atoms with Gasteiger partial charge in [-0.15, -0.1) is 0 Å². The molecule has 1 rings (SSSR count). The molecule has 0 saturated heterocycles. The zero-order valence-electron chi connectivity index (χ0n) is 10.7. The second kappa shape index (κ2) is 6.49. The highest BCUT2D eigenvalue weighted by Gasteiger charge is 2.30. The number of aliphatic carboxylic acids is 1. The molecule has 0 aromatic heterocycles. The van der Waals surface area contributed by atoms with Gasteiger partial charge in [-0.05, 0) is 35.0 Å². The van der Waals surface area contributed by atoms with Crippen LogP contribution in [-0.4, -0.2) is 36.4 Å². The molecule has 0 radical (unpaired) electrons. The molecule has 0 saturated carbocycles. The molecule has 0 bridgehead atoms. The standard InChI is InChI=1S/C12H16BrNO4S/c1-3-14(9(2)8-12(15)16)19(17,18)11-7-5-4-6-10(11)13/h4-7,9H,3,8H2,1-2H3,(H,15,16). The maximum Gasteiger partial charge on any atom is 0.304 e. The van der Waals surface area contributed by atoms with Crippen molar-refractivity contribution < 1.29 is 18.3 Å². The average Bonchev–Trinajstić information content (AvgIpc) is 2.28. The third-order valence-corrected chi connectivity index (χ3v) is 5.80. The fourth-order valence-electron chi connectivity index (χ4n) is 1.85. The van der Waals surface area contributed by atoms with Crippen molar-refractivity contribution in [1.29, 1.82) is 0 Å². The summed E-state index contributed by atoms with van der Waals surface area (Å²) in [6.07, 6.45) is -0.225. The second-order valence-corrected chi connectivity index (χ2v) is 6.80. The Labute approximate surface area is 121 Å². The molecule has 1 aromatic carbocycles. The highest BCUT2D eigenvalue weighted by atomic mass is 79.9. The van der Waals surface area contributed by atoms with Gasteiger partial charge in [0.1, 0.15) is 0 Å². The number of carboxylic acid groups (broad SMARTS) is 1. The van der Waals surface area contributed by atoms with Crippen molar-refractivity contribution in [3.63, 3.8) is 0 Å². The van der Waals surface area contributed by atoms with E-state index in [4.69, 9.17) is 5.11 Å². The molecule has 1 atom stereocenters. The molecule has 1 aromatic rings. The third kappa shape index (κ3) is 3.77. The van der Waals surface area contributed by atoms with Crippen LogP contribution >= 0.6 is 15.9 Å².